The molecule has 0 atom stereocenters. The number of benzene rings is 1. The van der Waals surface area contributed by atoms with Crippen molar-refractivity contribution in [3.8, 4) is 11.5 Å². The van der Waals surface area contributed by atoms with Gasteiger partial charge in [-0.2, -0.15) is 0 Å². The van der Waals surface area contributed by atoms with E-state index < -0.39 is 0 Å². The molecule has 0 saturated carbocycles. The molecule has 0 unspecified atom stereocenters. The molecule has 5 heteroatoms. The quantitative estimate of drug-likeness (QED) is 0.908. The number of methoxy groups -OCH3 is 2. The molecule has 2 aromatic rings. The number of hydrogen-bond donors (Lipinski definition) is 1. The number of hydrogen-bond acceptors (Lipinski definition) is 2. The molecular formula is C10H9Br2NO2. The lowest BCUT2D eigenvalue weighted by Gasteiger charge is -2.12. The Balaban J connectivity index is 2.90. The summed E-state index contributed by atoms with van der Waals surface area (Å²) < 4.78 is 12.4. The van der Waals surface area contributed by atoms with Crippen LogP contribution in [0.3, 0.4) is 0 Å². The molecule has 1 N–H and O–H groups in total. The first kappa shape index (κ1) is 10.8. The van der Waals surface area contributed by atoms with E-state index in [-0.39, 0.29) is 0 Å². The van der Waals surface area contributed by atoms with Crippen molar-refractivity contribution >= 4 is 42.8 Å². The Morgan fingerprint density at radius 2 is 1.67 bits per heavy atom. The van der Waals surface area contributed by atoms with Crippen LogP contribution < -0.4 is 9.47 Å². The van der Waals surface area contributed by atoms with Crippen molar-refractivity contribution in [3.05, 3.63) is 21.2 Å². The lowest BCUT2D eigenvalue weighted by atomic mass is 10.2. The highest BCUT2D eigenvalue weighted by atomic mass is 79.9. The molecule has 2 rings (SSSR count). The lowest BCUT2D eigenvalue weighted by molar-refractivity contribution is 0.352. The maximum absolute atomic E-state index is 5.31. The first-order valence-electron chi connectivity index (χ1n) is 4.26. The molecule has 0 fully saturated rings. The Bertz CT molecular complexity index is 464. The van der Waals surface area contributed by atoms with Crippen molar-refractivity contribution < 1.29 is 9.47 Å². The number of nitrogens with one attached hydrogen (secondary N) is 1. The van der Waals surface area contributed by atoms with Gasteiger partial charge in [0, 0.05) is 11.6 Å². The maximum atomic E-state index is 5.31. The highest BCUT2D eigenvalue weighted by Gasteiger charge is 2.18. The molecule has 0 spiro atoms. The second-order valence-electron chi connectivity index (χ2n) is 2.96. The van der Waals surface area contributed by atoms with Gasteiger partial charge in [-0.05, 0) is 37.9 Å². The topological polar surface area (TPSA) is 34.2 Å². The molecular weight excluding hydrogens is 326 g/mol. The van der Waals surface area contributed by atoms with Crippen molar-refractivity contribution in [2.24, 2.45) is 0 Å². The Labute approximate surface area is 104 Å². The number of H-pyrrole nitrogens is 1. The summed E-state index contributed by atoms with van der Waals surface area (Å²) in [6.45, 7) is 0. The average Bonchev–Trinajstić information content (AvgIpc) is 2.72. The van der Waals surface area contributed by atoms with Crippen LogP contribution in [-0.2, 0) is 0 Å². The molecule has 1 heterocycles. The third kappa shape index (κ3) is 1.54. The van der Waals surface area contributed by atoms with Crippen LogP contribution in [0.4, 0.5) is 0 Å². The summed E-state index contributed by atoms with van der Waals surface area (Å²) in [5, 5.41) is 1.06. The minimum atomic E-state index is 0.680. The van der Waals surface area contributed by atoms with Gasteiger partial charge in [0.05, 0.1) is 28.7 Å². The Hall–Kier alpha value is -0.680. The lowest BCUT2D eigenvalue weighted by Crippen LogP contribution is -1.93. The van der Waals surface area contributed by atoms with Crippen LogP contribution in [0.2, 0.25) is 0 Å². The molecule has 0 aliphatic carbocycles. The number of halogens is 2. The Morgan fingerprint density at radius 1 is 1.07 bits per heavy atom. The van der Waals surface area contributed by atoms with Crippen molar-refractivity contribution in [2.75, 3.05) is 14.2 Å². The van der Waals surface area contributed by atoms with E-state index in [1.165, 1.54) is 0 Å². The van der Waals surface area contributed by atoms with E-state index >= 15 is 0 Å². The molecule has 0 saturated heterocycles. The molecule has 1 aromatic heterocycles. The van der Waals surface area contributed by atoms with E-state index in [2.05, 4.69) is 36.8 Å². The summed E-state index contributed by atoms with van der Waals surface area (Å²) in [4.78, 5) is 3.14. The van der Waals surface area contributed by atoms with E-state index in [0.717, 1.165) is 19.8 Å². The first-order chi connectivity index (χ1) is 7.20. The molecule has 15 heavy (non-hydrogen) atoms. The smallest absolute Gasteiger partial charge is 0.178 e. The fourth-order valence-electron chi connectivity index (χ4n) is 1.53. The van der Waals surface area contributed by atoms with Crippen LogP contribution in [0.1, 0.15) is 0 Å². The summed E-state index contributed by atoms with van der Waals surface area (Å²) in [7, 11) is 3.23. The van der Waals surface area contributed by atoms with Crippen LogP contribution in [0, 0.1) is 0 Å². The molecule has 0 aliphatic heterocycles. The van der Waals surface area contributed by atoms with E-state index in [9.17, 15) is 0 Å². The van der Waals surface area contributed by atoms with Crippen molar-refractivity contribution in [3.63, 3.8) is 0 Å². The van der Waals surface area contributed by atoms with E-state index in [4.69, 9.17) is 9.47 Å². The zero-order chi connectivity index (χ0) is 11.0. The zero-order valence-electron chi connectivity index (χ0n) is 8.23. The second kappa shape index (κ2) is 4.06. The van der Waals surface area contributed by atoms with Gasteiger partial charge in [-0.25, -0.2) is 0 Å². The van der Waals surface area contributed by atoms with Gasteiger partial charge in [0.2, 0.25) is 0 Å². The minimum Gasteiger partial charge on any atom is -0.492 e. The maximum Gasteiger partial charge on any atom is 0.178 e. The molecule has 0 bridgehead atoms. The summed E-state index contributed by atoms with van der Waals surface area (Å²) in [5.41, 5.74) is 0.986. The van der Waals surface area contributed by atoms with Crippen LogP contribution in [0.5, 0.6) is 11.5 Å². The number of ether oxygens (including phenoxy) is 2. The average molecular weight is 335 g/mol. The first-order valence-corrected chi connectivity index (χ1v) is 5.85. The monoisotopic (exact) mass is 333 g/mol. The predicted octanol–water partition coefficient (Wildman–Crippen LogP) is 3.71. The van der Waals surface area contributed by atoms with Gasteiger partial charge in [-0.3, -0.25) is 0 Å². The standard InChI is InChI=1S/C10H9Br2NO2/c1-14-9-6(11)5-3-4-13-8(5)7(12)10(9)15-2/h3-4,13H,1-2H3. The third-order valence-corrected chi connectivity index (χ3v) is 3.76. The highest BCUT2D eigenvalue weighted by Crippen LogP contribution is 2.46. The van der Waals surface area contributed by atoms with E-state index in [1.54, 1.807) is 14.2 Å². The number of rotatable bonds is 2. The van der Waals surface area contributed by atoms with Gasteiger partial charge in [0.25, 0.3) is 0 Å². The van der Waals surface area contributed by atoms with Gasteiger partial charge in [0.1, 0.15) is 0 Å². The van der Waals surface area contributed by atoms with Gasteiger partial charge in [-0.15, -0.1) is 0 Å². The van der Waals surface area contributed by atoms with Crippen molar-refractivity contribution in [1.29, 1.82) is 0 Å². The molecule has 1 aromatic carbocycles. The van der Waals surface area contributed by atoms with E-state index in [1.807, 2.05) is 12.3 Å². The molecule has 80 valence electrons. The van der Waals surface area contributed by atoms with E-state index in [0.29, 0.717) is 11.5 Å². The largest absolute Gasteiger partial charge is 0.492 e. The van der Waals surface area contributed by atoms with Gasteiger partial charge in [0.15, 0.2) is 11.5 Å². The van der Waals surface area contributed by atoms with Gasteiger partial charge < -0.3 is 14.5 Å². The van der Waals surface area contributed by atoms with Crippen LogP contribution >= 0.6 is 31.9 Å². The molecule has 3 nitrogen and oxygen atoms in total. The normalized spacial score (nSPS) is 10.7. The minimum absolute atomic E-state index is 0.680. The summed E-state index contributed by atoms with van der Waals surface area (Å²) >= 11 is 6.99. The number of aromatic amines is 1. The fraction of sp³-hybridized carbons (Fsp3) is 0.200. The molecule has 0 amide bonds. The predicted molar refractivity (Wildman–Crippen MR) is 66.8 cm³/mol. The van der Waals surface area contributed by atoms with Gasteiger partial charge >= 0.3 is 0 Å². The van der Waals surface area contributed by atoms with Gasteiger partial charge in [-0.1, -0.05) is 0 Å². The Kier molecular flexibility index (Phi) is 2.93. The summed E-state index contributed by atoms with van der Waals surface area (Å²) in [6, 6.07) is 1.98. The SMILES string of the molecule is COc1c(OC)c(Br)c2[nH]ccc2c1Br. The molecule has 0 aliphatic rings. The molecule has 0 radical (unpaired) electrons. The summed E-state index contributed by atoms with van der Waals surface area (Å²) in [6.07, 6.45) is 1.87. The number of fused-ring (bicyclic) bond motifs is 1. The van der Waals surface area contributed by atoms with Crippen molar-refractivity contribution in [1.82, 2.24) is 4.98 Å². The Morgan fingerprint density at radius 3 is 2.27 bits per heavy atom. The summed E-state index contributed by atoms with van der Waals surface area (Å²) in [5.74, 6) is 1.37. The fourth-order valence-corrected chi connectivity index (χ4v) is 2.88. The van der Waals surface area contributed by atoms with Crippen LogP contribution in [0.15, 0.2) is 21.2 Å². The number of aromatic nitrogens is 1. The van der Waals surface area contributed by atoms with Crippen LogP contribution in [-0.4, -0.2) is 19.2 Å². The zero-order valence-corrected chi connectivity index (χ0v) is 11.4. The third-order valence-electron chi connectivity index (χ3n) is 2.22. The highest BCUT2D eigenvalue weighted by molar-refractivity contribution is 9.11. The second-order valence-corrected chi connectivity index (χ2v) is 4.55. The van der Waals surface area contributed by atoms with Crippen LogP contribution in [0.25, 0.3) is 10.9 Å². The van der Waals surface area contributed by atoms with Crippen molar-refractivity contribution in [2.45, 2.75) is 0 Å².